The first-order valence-electron chi connectivity index (χ1n) is 13.3. The molecule has 3 heterocycles. The third-order valence-corrected chi connectivity index (χ3v) is 10.1. The minimum Gasteiger partial charge on any atom is -0.305 e. The van der Waals surface area contributed by atoms with E-state index in [1.165, 1.54) is 30.9 Å². The van der Waals surface area contributed by atoms with Crippen molar-refractivity contribution in [2.75, 3.05) is 0 Å². The molecule has 0 fully saturated rings. The van der Waals surface area contributed by atoms with Crippen molar-refractivity contribution >= 4 is 44.8 Å². The van der Waals surface area contributed by atoms with Crippen molar-refractivity contribution in [1.82, 2.24) is 9.97 Å². The molecule has 6 aromatic rings. The average molecular weight is 735 g/mol. The van der Waals surface area contributed by atoms with Crippen molar-refractivity contribution in [2.24, 2.45) is 0 Å². The zero-order valence-corrected chi connectivity index (χ0v) is 28.1. The van der Waals surface area contributed by atoms with Crippen LogP contribution in [0.25, 0.3) is 42.7 Å². The van der Waals surface area contributed by atoms with Crippen LogP contribution in [0.2, 0.25) is 19.6 Å². The van der Waals surface area contributed by atoms with E-state index in [0.29, 0.717) is 0 Å². The van der Waals surface area contributed by atoms with E-state index in [1.54, 1.807) is 6.20 Å². The van der Waals surface area contributed by atoms with Crippen LogP contribution in [-0.2, 0) is 25.5 Å². The first kappa shape index (κ1) is 30.0. The predicted molar refractivity (Wildman–Crippen MR) is 172 cm³/mol. The maximum absolute atomic E-state index is 4.77. The van der Waals surface area contributed by atoms with Gasteiger partial charge in [0, 0.05) is 37.2 Å². The second-order valence-corrected chi connectivity index (χ2v) is 18.0. The number of aromatic nitrogens is 2. The van der Waals surface area contributed by atoms with Gasteiger partial charge in [-0.1, -0.05) is 87.4 Å². The van der Waals surface area contributed by atoms with Crippen LogP contribution in [0.15, 0.2) is 97.3 Å². The normalized spacial score (nSPS) is 11.6. The molecule has 3 aromatic heterocycles. The summed E-state index contributed by atoms with van der Waals surface area (Å²) in [5, 5.41) is 4.17. The van der Waals surface area contributed by atoms with Gasteiger partial charge in [0.15, 0.2) is 0 Å². The Labute approximate surface area is 256 Å². The molecule has 0 amide bonds. The van der Waals surface area contributed by atoms with E-state index in [1.807, 2.05) is 66.1 Å². The molecule has 0 bridgehead atoms. The summed E-state index contributed by atoms with van der Waals surface area (Å²) in [5.41, 5.74) is 5.51. The Hall–Kier alpha value is -2.95. The Balaban J connectivity index is 0.000000238. The summed E-state index contributed by atoms with van der Waals surface area (Å²) >= 11 is 1.87. The average Bonchev–Trinajstić information content (AvgIpc) is 3.32. The van der Waals surface area contributed by atoms with Gasteiger partial charge in [-0.3, -0.25) is 0 Å². The van der Waals surface area contributed by atoms with Crippen LogP contribution in [0.4, 0.5) is 0 Å². The van der Waals surface area contributed by atoms with E-state index in [-0.39, 0.29) is 25.5 Å². The van der Waals surface area contributed by atoms with Crippen LogP contribution < -0.4 is 5.19 Å². The minimum atomic E-state index is -1.31. The molecule has 0 unspecified atom stereocenters. The number of hydrogen-bond acceptors (Lipinski definition) is 3. The molecule has 1 radical (unpaired) electrons. The molecule has 3 aromatic carbocycles. The van der Waals surface area contributed by atoms with Gasteiger partial charge in [-0.15, -0.1) is 59.7 Å². The topological polar surface area (TPSA) is 25.8 Å². The Morgan fingerprint density at radius 2 is 1.55 bits per heavy atom. The number of benzene rings is 3. The van der Waals surface area contributed by atoms with Crippen LogP contribution in [0.5, 0.6) is 0 Å². The van der Waals surface area contributed by atoms with Gasteiger partial charge in [0.05, 0.1) is 8.07 Å². The number of nitrogens with zero attached hydrogens (tertiary/aromatic N) is 2. The summed E-state index contributed by atoms with van der Waals surface area (Å²) in [4.78, 5) is 8.99. The fourth-order valence-electron chi connectivity index (χ4n) is 4.46. The van der Waals surface area contributed by atoms with Gasteiger partial charge >= 0.3 is 0 Å². The maximum Gasteiger partial charge on any atom is 0.0776 e. The monoisotopic (exact) mass is 735 g/mol. The van der Waals surface area contributed by atoms with Crippen molar-refractivity contribution in [2.45, 2.75) is 45.8 Å². The molecule has 0 aliphatic carbocycles. The van der Waals surface area contributed by atoms with E-state index in [2.05, 4.69) is 93.9 Å². The Kier molecular flexibility index (Phi) is 9.21. The number of hydrogen-bond donors (Lipinski definition) is 0. The molecule has 2 nitrogen and oxygen atoms in total. The molecule has 6 rings (SSSR count). The molecule has 0 spiro atoms. The summed E-state index contributed by atoms with van der Waals surface area (Å²) < 4.78 is 2.66. The molecule has 205 valence electrons. The van der Waals surface area contributed by atoms with E-state index in [4.69, 9.17) is 4.98 Å². The molecule has 0 saturated carbocycles. The van der Waals surface area contributed by atoms with E-state index < -0.39 is 8.07 Å². The Morgan fingerprint density at radius 3 is 2.17 bits per heavy atom. The van der Waals surface area contributed by atoms with Crippen molar-refractivity contribution in [1.29, 1.82) is 0 Å². The third kappa shape index (κ3) is 6.67. The second kappa shape index (κ2) is 12.3. The van der Waals surface area contributed by atoms with Gasteiger partial charge in [0.2, 0.25) is 0 Å². The van der Waals surface area contributed by atoms with E-state index in [0.717, 1.165) is 22.5 Å². The van der Waals surface area contributed by atoms with Gasteiger partial charge in [0.1, 0.15) is 0 Å². The van der Waals surface area contributed by atoms with Gasteiger partial charge in [-0.2, -0.15) is 11.3 Å². The molecule has 0 aliphatic rings. The Bertz CT molecular complexity index is 1660. The fourth-order valence-corrected chi connectivity index (χ4v) is 6.97. The second-order valence-electron chi connectivity index (χ2n) is 11.8. The van der Waals surface area contributed by atoms with Crippen LogP contribution in [-0.4, -0.2) is 18.0 Å². The van der Waals surface area contributed by atoms with Gasteiger partial charge in [-0.25, -0.2) is 0 Å². The summed E-state index contributed by atoms with van der Waals surface area (Å²) in [5.74, 6) is 0. The number of thiophene rings is 1. The quantitative estimate of drug-likeness (QED) is 0.134. The molecule has 0 saturated heterocycles. The number of fused-ring (bicyclic) bond motifs is 3. The van der Waals surface area contributed by atoms with Crippen molar-refractivity contribution < 1.29 is 20.1 Å². The summed E-state index contributed by atoms with van der Waals surface area (Å²) in [7, 11) is -1.31. The SMILES string of the molecule is CC(C)(C)c1ccc(-c2[c-]ccc3c2sc2cc([Si](C)(C)C)ccc23)nc1.[Ir].[c-]1ccccc1-c1ccccn1. The fraction of sp³-hybridized carbons (Fsp3) is 0.200. The summed E-state index contributed by atoms with van der Waals surface area (Å²) in [6, 6.07) is 35.9. The minimum absolute atomic E-state index is 0. The van der Waals surface area contributed by atoms with Gasteiger partial charge in [-0.05, 0) is 44.6 Å². The van der Waals surface area contributed by atoms with Crippen LogP contribution in [0.1, 0.15) is 26.3 Å². The number of rotatable bonds is 3. The summed E-state index contributed by atoms with van der Waals surface area (Å²) in [6.07, 6.45) is 3.80. The molecule has 0 atom stereocenters. The molecule has 40 heavy (non-hydrogen) atoms. The van der Waals surface area contributed by atoms with Gasteiger partial charge in [0.25, 0.3) is 0 Å². The molecule has 0 aliphatic heterocycles. The predicted octanol–water partition coefficient (Wildman–Crippen LogP) is 9.31. The standard InChI is InChI=1S/C24H26NSSi.C11H8N.Ir/c1-24(2,3)16-10-13-21(25-15-16)20-9-7-8-19-18-12-11-17(27(4,5)6)14-22(18)26-23(19)20;1-2-6-10(7-3-1)11-8-4-5-9-12-11;/h7-8,10-15H,1-6H3;1-6,8-9H;/q2*-1;. The smallest absolute Gasteiger partial charge is 0.0776 e. The zero-order chi connectivity index (χ0) is 27.6. The number of pyridine rings is 2. The van der Waals surface area contributed by atoms with Crippen molar-refractivity contribution in [3.8, 4) is 22.5 Å². The molecular weight excluding hydrogens is 701 g/mol. The van der Waals surface area contributed by atoms with E-state index in [9.17, 15) is 0 Å². The van der Waals surface area contributed by atoms with Gasteiger partial charge < -0.3 is 9.97 Å². The van der Waals surface area contributed by atoms with Crippen molar-refractivity contribution in [3.63, 3.8) is 0 Å². The largest absolute Gasteiger partial charge is 0.305 e. The molecular formula is C35H34IrN2SSi-2. The maximum atomic E-state index is 4.77. The molecule has 0 N–H and O–H groups in total. The third-order valence-electron chi connectivity index (χ3n) is 6.83. The van der Waals surface area contributed by atoms with Crippen LogP contribution >= 0.6 is 11.3 Å². The molecule has 5 heteroatoms. The first-order valence-corrected chi connectivity index (χ1v) is 17.7. The van der Waals surface area contributed by atoms with Crippen molar-refractivity contribution in [3.05, 3.63) is 115 Å². The van der Waals surface area contributed by atoms with E-state index >= 15 is 0 Å². The zero-order valence-electron chi connectivity index (χ0n) is 23.9. The first-order chi connectivity index (χ1) is 18.6. The van der Waals surface area contributed by atoms with Crippen LogP contribution in [0, 0.1) is 12.1 Å². The Morgan fingerprint density at radius 1 is 0.750 bits per heavy atom. The summed E-state index contributed by atoms with van der Waals surface area (Å²) in [6.45, 7) is 13.9. The van der Waals surface area contributed by atoms with Crippen LogP contribution in [0.3, 0.4) is 0 Å².